The molecule has 1 aliphatic rings. The fourth-order valence-electron chi connectivity index (χ4n) is 2.17. The van der Waals surface area contributed by atoms with Gasteiger partial charge in [-0.25, -0.2) is 4.98 Å². The molecule has 3 rings (SSSR count). The molecular formula is C13H14N2S. The lowest BCUT2D eigenvalue weighted by molar-refractivity contribution is 0.827. The summed E-state index contributed by atoms with van der Waals surface area (Å²) in [5.41, 5.74) is 9.48. The van der Waals surface area contributed by atoms with Crippen molar-refractivity contribution in [2.45, 2.75) is 19.3 Å². The van der Waals surface area contributed by atoms with Crippen LogP contribution in [0.4, 0.5) is 0 Å². The molecule has 0 atom stereocenters. The molecule has 0 fully saturated rings. The number of benzene rings is 1. The number of aryl methyl sites for hydroxylation is 1. The first kappa shape index (κ1) is 10.00. The lowest BCUT2D eigenvalue weighted by Gasteiger charge is -1.97. The highest BCUT2D eigenvalue weighted by molar-refractivity contribution is 7.12. The minimum atomic E-state index is 0.751. The summed E-state index contributed by atoms with van der Waals surface area (Å²) in [6.45, 7) is 0.751. The van der Waals surface area contributed by atoms with Crippen LogP contribution in [0.3, 0.4) is 0 Å². The van der Waals surface area contributed by atoms with E-state index in [0.717, 1.165) is 25.8 Å². The van der Waals surface area contributed by atoms with Gasteiger partial charge in [0.2, 0.25) is 0 Å². The van der Waals surface area contributed by atoms with E-state index in [1.165, 1.54) is 26.7 Å². The van der Waals surface area contributed by atoms with Gasteiger partial charge in [-0.3, -0.25) is 0 Å². The minimum Gasteiger partial charge on any atom is -0.330 e. The Morgan fingerprint density at radius 2 is 2.19 bits per heavy atom. The van der Waals surface area contributed by atoms with E-state index in [2.05, 4.69) is 24.3 Å². The second-order valence-corrected chi connectivity index (χ2v) is 5.27. The zero-order valence-corrected chi connectivity index (χ0v) is 9.89. The summed E-state index contributed by atoms with van der Waals surface area (Å²) in [6.07, 6.45) is 3.12. The van der Waals surface area contributed by atoms with Gasteiger partial charge in [-0.1, -0.05) is 24.3 Å². The number of rotatable bonds is 3. The van der Waals surface area contributed by atoms with Gasteiger partial charge in [0.15, 0.2) is 0 Å². The first-order chi connectivity index (χ1) is 7.88. The Morgan fingerprint density at radius 1 is 1.31 bits per heavy atom. The van der Waals surface area contributed by atoms with Crippen LogP contribution in [0.25, 0.3) is 11.3 Å². The van der Waals surface area contributed by atoms with E-state index in [-0.39, 0.29) is 0 Å². The Morgan fingerprint density at radius 3 is 3.06 bits per heavy atom. The van der Waals surface area contributed by atoms with E-state index < -0.39 is 0 Å². The third-order valence-electron chi connectivity index (χ3n) is 2.96. The number of thiazole rings is 1. The lowest BCUT2D eigenvalue weighted by atomic mass is 10.1. The highest BCUT2D eigenvalue weighted by atomic mass is 32.1. The van der Waals surface area contributed by atoms with E-state index in [4.69, 9.17) is 10.7 Å². The number of hydrogen-bond donors (Lipinski definition) is 1. The quantitative estimate of drug-likeness (QED) is 0.751. The summed E-state index contributed by atoms with van der Waals surface area (Å²) in [6, 6.07) is 8.56. The number of fused-ring (bicyclic) bond motifs is 3. The van der Waals surface area contributed by atoms with Crippen molar-refractivity contribution in [3.05, 3.63) is 39.7 Å². The fourth-order valence-corrected chi connectivity index (χ4v) is 3.32. The summed E-state index contributed by atoms with van der Waals surface area (Å²) in [4.78, 5) is 6.16. The van der Waals surface area contributed by atoms with Crippen LogP contribution in [0, 0.1) is 0 Å². The largest absolute Gasteiger partial charge is 0.330 e. The van der Waals surface area contributed by atoms with E-state index in [1.54, 1.807) is 0 Å². The van der Waals surface area contributed by atoms with E-state index in [9.17, 15) is 0 Å². The molecule has 0 bridgehead atoms. The molecule has 0 amide bonds. The summed E-state index contributed by atoms with van der Waals surface area (Å²) in [5.74, 6) is 0. The summed E-state index contributed by atoms with van der Waals surface area (Å²) >= 11 is 1.85. The zero-order valence-electron chi connectivity index (χ0n) is 9.07. The summed E-state index contributed by atoms with van der Waals surface area (Å²) in [5, 5.41) is 1.24. The topological polar surface area (TPSA) is 38.9 Å². The Bertz CT molecular complexity index is 516. The average Bonchev–Trinajstić information content (AvgIpc) is 2.83. The van der Waals surface area contributed by atoms with Crippen LogP contribution in [0.1, 0.15) is 21.9 Å². The van der Waals surface area contributed by atoms with Gasteiger partial charge >= 0.3 is 0 Å². The van der Waals surface area contributed by atoms with Crippen molar-refractivity contribution in [2.24, 2.45) is 5.73 Å². The second-order valence-electron chi connectivity index (χ2n) is 4.11. The molecule has 1 aliphatic carbocycles. The van der Waals surface area contributed by atoms with Crippen molar-refractivity contribution >= 4 is 11.3 Å². The molecule has 3 heteroatoms. The van der Waals surface area contributed by atoms with Crippen LogP contribution in [0.2, 0.25) is 0 Å². The first-order valence-corrected chi connectivity index (χ1v) is 6.47. The summed E-state index contributed by atoms with van der Waals surface area (Å²) < 4.78 is 0. The number of aromatic nitrogens is 1. The van der Waals surface area contributed by atoms with E-state index >= 15 is 0 Å². The van der Waals surface area contributed by atoms with Crippen LogP contribution in [0.15, 0.2) is 24.3 Å². The van der Waals surface area contributed by atoms with Gasteiger partial charge < -0.3 is 5.73 Å². The van der Waals surface area contributed by atoms with Crippen molar-refractivity contribution in [1.82, 2.24) is 4.98 Å². The molecule has 0 saturated carbocycles. The smallest absolute Gasteiger partial charge is 0.0936 e. The van der Waals surface area contributed by atoms with Crippen molar-refractivity contribution in [3.8, 4) is 11.3 Å². The van der Waals surface area contributed by atoms with Gasteiger partial charge in [-0.15, -0.1) is 11.3 Å². The third-order valence-corrected chi connectivity index (χ3v) is 4.08. The Kier molecular flexibility index (Phi) is 2.50. The van der Waals surface area contributed by atoms with Crippen molar-refractivity contribution in [1.29, 1.82) is 0 Å². The predicted octanol–water partition coefficient (Wildman–Crippen LogP) is 2.61. The molecule has 1 aromatic heterocycles. The zero-order chi connectivity index (χ0) is 11.0. The van der Waals surface area contributed by atoms with Crippen LogP contribution < -0.4 is 5.73 Å². The molecule has 2 nitrogen and oxygen atoms in total. The molecule has 0 unspecified atom stereocenters. The SMILES string of the molecule is NCCCc1nc2c(s1)Cc1ccccc1-2. The molecule has 0 aliphatic heterocycles. The third kappa shape index (κ3) is 1.56. The van der Waals surface area contributed by atoms with Crippen molar-refractivity contribution in [3.63, 3.8) is 0 Å². The monoisotopic (exact) mass is 230 g/mol. The molecule has 0 spiro atoms. The highest BCUT2D eigenvalue weighted by Gasteiger charge is 2.22. The van der Waals surface area contributed by atoms with E-state index in [1.807, 2.05) is 11.3 Å². The molecule has 0 saturated heterocycles. The Hall–Kier alpha value is -1.19. The molecule has 82 valence electrons. The van der Waals surface area contributed by atoms with Gasteiger partial charge in [0.1, 0.15) is 0 Å². The molecule has 1 aromatic carbocycles. The molecule has 2 aromatic rings. The maximum absolute atomic E-state index is 5.52. The minimum absolute atomic E-state index is 0.751. The van der Waals surface area contributed by atoms with Gasteiger partial charge in [-0.05, 0) is 18.5 Å². The maximum Gasteiger partial charge on any atom is 0.0936 e. The molecular weight excluding hydrogens is 216 g/mol. The second kappa shape index (κ2) is 4.00. The Labute approximate surface area is 99.1 Å². The van der Waals surface area contributed by atoms with Crippen LogP contribution in [-0.4, -0.2) is 11.5 Å². The fraction of sp³-hybridized carbons (Fsp3) is 0.308. The van der Waals surface area contributed by atoms with Crippen LogP contribution >= 0.6 is 11.3 Å². The average molecular weight is 230 g/mol. The molecule has 2 N–H and O–H groups in total. The van der Waals surface area contributed by atoms with Gasteiger partial charge in [0.05, 0.1) is 10.7 Å². The van der Waals surface area contributed by atoms with Gasteiger partial charge in [0, 0.05) is 23.3 Å². The lowest BCUT2D eigenvalue weighted by Crippen LogP contribution is -1.99. The maximum atomic E-state index is 5.52. The van der Waals surface area contributed by atoms with Crippen LogP contribution in [-0.2, 0) is 12.8 Å². The molecule has 16 heavy (non-hydrogen) atoms. The van der Waals surface area contributed by atoms with Gasteiger partial charge in [0.25, 0.3) is 0 Å². The van der Waals surface area contributed by atoms with Crippen molar-refractivity contribution in [2.75, 3.05) is 6.54 Å². The number of hydrogen-bond acceptors (Lipinski definition) is 3. The first-order valence-electron chi connectivity index (χ1n) is 5.65. The number of nitrogens with zero attached hydrogens (tertiary/aromatic N) is 1. The normalized spacial score (nSPS) is 12.6. The van der Waals surface area contributed by atoms with Crippen LogP contribution in [0.5, 0.6) is 0 Å². The van der Waals surface area contributed by atoms with Crippen molar-refractivity contribution < 1.29 is 0 Å². The standard InChI is InChI=1S/C13H14N2S/c14-7-3-6-12-15-13-10-5-2-1-4-9(10)8-11(13)16-12/h1-2,4-5H,3,6-8,14H2. The Balaban J connectivity index is 1.95. The summed E-state index contributed by atoms with van der Waals surface area (Å²) in [7, 11) is 0. The highest BCUT2D eigenvalue weighted by Crippen LogP contribution is 2.39. The molecule has 0 radical (unpaired) electrons. The predicted molar refractivity (Wildman–Crippen MR) is 67.7 cm³/mol. The molecule has 1 heterocycles. The van der Waals surface area contributed by atoms with Gasteiger partial charge in [-0.2, -0.15) is 0 Å². The number of nitrogens with two attached hydrogens (primary N) is 1. The van der Waals surface area contributed by atoms with E-state index in [0.29, 0.717) is 0 Å².